The second-order valence-corrected chi connectivity index (χ2v) is 7.62. The lowest BCUT2D eigenvalue weighted by molar-refractivity contribution is -0.114. The van der Waals surface area contributed by atoms with E-state index >= 15 is 0 Å². The Bertz CT molecular complexity index is 1250. The number of aromatic nitrogens is 1. The number of nitrogens with one attached hydrogen (secondary N) is 3. The number of furan rings is 1. The van der Waals surface area contributed by atoms with Crippen LogP contribution in [0.15, 0.2) is 76.7 Å². The van der Waals surface area contributed by atoms with Gasteiger partial charge in [0.2, 0.25) is 5.91 Å². The molecule has 0 unspecified atom stereocenters. The average molecular weight is 446 g/mol. The molecule has 0 radical (unpaired) electrons. The molecule has 4 rings (SSSR count). The summed E-state index contributed by atoms with van der Waals surface area (Å²) in [7, 11) is 0. The van der Waals surface area contributed by atoms with Crippen LogP contribution in [0, 0.1) is 0 Å². The molecule has 0 aliphatic rings. The molecule has 2 aromatic carbocycles. The second-order valence-electron chi connectivity index (χ2n) is 6.76. The van der Waals surface area contributed by atoms with Crippen LogP contribution in [0.4, 0.5) is 16.5 Å². The summed E-state index contributed by atoms with van der Waals surface area (Å²) in [5.74, 6) is -0.607. The number of thiazole rings is 1. The molecular formula is C23H18N4O4S. The van der Waals surface area contributed by atoms with Crippen molar-refractivity contribution in [3.8, 4) is 11.3 Å². The van der Waals surface area contributed by atoms with Crippen molar-refractivity contribution in [1.29, 1.82) is 0 Å². The number of amides is 3. The van der Waals surface area contributed by atoms with Crippen LogP contribution in [-0.4, -0.2) is 22.7 Å². The van der Waals surface area contributed by atoms with Gasteiger partial charge in [0.15, 0.2) is 10.9 Å². The Balaban J connectivity index is 1.37. The van der Waals surface area contributed by atoms with E-state index in [9.17, 15) is 14.4 Å². The van der Waals surface area contributed by atoms with E-state index in [1.54, 1.807) is 48.5 Å². The van der Waals surface area contributed by atoms with Crippen LogP contribution in [0.2, 0.25) is 0 Å². The smallest absolute Gasteiger partial charge is 0.291 e. The van der Waals surface area contributed by atoms with E-state index in [0.29, 0.717) is 22.1 Å². The first kappa shape index (κ1) is 21.0. The molecule has 0 saturated carbocycles. The maximum Gasteiger partial charge on any atom is 0.291 e. The van der Waals surface area contributed by atoms with Gasteiger partial charge in [0.05, 0.1) is 12.0 Å². The van der Waals surface area contributed by atoms with E-state index in [1.165, 1.54) is 24.5 Å². The van der Waals surface area contributed by atoms with Crippen LogP contribution in [-0.2, 0) is 4.79 Å². The highest BCUT2D eigenvalue weighted by molar-refractivity contribution is 7.14. The van der Waals surface area contributed by atoms with Crippen molar-refractivity contribution in [3.05, 3.63) is 83.6 Å². The Hall–Kier alpha value is -4.24. The number of benzene rings is 2. The van der Waals surface area contributed by atoms with E-state index in [0.717, 1.165) is 11.3 Å². The van der Waals surface area contributed by atoms with Crippen LogP contribution in [0.3, 0.4) is 0 Å². The minimum absolute atomic E-state index is 0.135. The van der Waals surface area contributed by atoms with Crippen LogP contribution < -0.4 is 16.0 Å². The van der Waals surface area contributed by atoms with Crippen molar-refractivity contribution >= 4 is 45.6 Å². The highest BCUT2D eigenvalue weighted by Crippen LogP contribution is 2.26. The summed E-state index contributed by atoms with van der Waals surface area (Å²) in [5, 5.41) is 10.5. The van der Waals surface area contributed by atoms with Crippen molar-refractivity contribution in [1.82, 2.24) is 4.98 Å². The lowest BCUT2D eigenvalue weighted by atomic mass is 10.1. The third-order valence-electron chi connectivity index (χ3n) is 4.38. The predicted octanol–water partition coefficient (Wildman–Crippen LogP) is 4.87. The molecule has 2 aromatic heterocycles. The molecule has 0 aliphatic carbocycles. The second kappa shape index (κ2) is 9.27. The summed E-state index contributed by atoms with van der Waals surface area (Å²) in [6.07, 6.45) is 1.42. The van der Waals surface area contributed by atoms with Crippen molar-refractivity contribution in [2.24, 2.45) is 0 Å². The van der Waals surface area contributed by atoms with Gasteiger partial charge in [-0.3, -0.25) is 19.7 Å². The molecule has 0 aliphatic heterocycles. The summed E-state index contributed by atoms with van der Waals surface area (Å²) in [6, 6.07) is 17.0. The fourth-order valence-electron chi connectivity index (χ4n) is 2.87. The van der Waals surface area contributed by atoms with Gasteiger partial charge >= 0.3 is 0 Å². The third-order valence-corrected chi connectivity index (χ3v) is 5.13. The molecule has 32 heavy (non-hydrogen) atoms. The molecule has 3 N–H and O–H groups in total. The van der Waals surface area contributed by atoms with Gasteiger partial charge in [-0.2, -0.15) is 0 Å². The summed E-state index contributed by atoms with van der Waals surface area (Å²) >= 11 is 1.31. The standard InChI is InChI=1S/C23H18N4O4S/c1-14(28)24-17-8-4-15(5-9-17)19-13-32-23(26-19)27-21(29)16-6-10-18(11-7-16)25-22(30)20-3-2-12-31-20/h2-13H,1H3,(H,24,28)(H,25,30)(H,26,27,29). The molecule has 3 amide bonds. The number of nitrogens with zero attached hydrogens (tertiary/aromatic N) is 1. The molecular weight excluding hydrogens is 428 g/mol. The summed E-state index contributed by atoms with van der Waals surface area (Å²) < 4.78 is 5.05. The Morgan fingerprint density at radius 3 is 2.19 bits per heavy atom. The topological polar surface area (TPSA) is 113 Å². The van der Waals surface area contributed by atoms with Crippen molar-refractivity contribution < 1.29 is 18.8 Å². The van der Waals surface area contributed by atoms with Crippen molar-refractivity contribution in [2.45, 2.75) is 6.92 Å². The Kier molecular flexibility index (Phi) is 6.09. The lowest BCUT2D eigenvalue weighted by Crippen LogP contribution is -2.13. The quantitative estimate of drug-likeness (QED) is 0.391. The SMILES string of the molecule is CC(=O)Nc1ccc(-c2csc(NC(=O)c3ccc(NC(=O)c4ccco4)cc3)n2)cc1. The molecule has 4 aromatic rings. The van der Waals surface area contributed by atoms with Gasteiger partial charge in [-0.25, -0.2) is 4.98 Å². The molecule has 160 valence electrons. The largest absolute Gasteiger partial charge is 0.459 e. The predicted molar refractivity (Wildman–Crippen MR) is 123 cm³/mol. The Morgan fingerprint density at radius 2 is 1.53 bits per heavy atom. The summed E-state index contributed by atoms with van der Waals surface area (Å²) in [4.78, 5) is 40.1. The van der Waals surface area contributed by atoms with Crippen LogP contribution in [0.25, 0.3) is 11.3 Å². The van der Waals surface area contributed by atoms with Crippen LogP contribution in [0.5, 0.6) is 0 Å². The maximum atomic E-state index is 12.5. The molecule has 9 heteroatoms. The first-order valence-electron chi connectivity index (χ1n) is 9.58. The third kappa shape index (κ3) is 5.08. The average Bonchev–Trinajstić information content (AvgIpc) is 3.47. The molecule has 2 heterocycles. The van der Waals surface area contributed by atoms with Crippen LogP contribution >= 0.6 is 11.3 Å². The minimum atomic E-state index is -0.368. The minimum Gasteiger partial charge on any atom is -0.459 e. The van der Waals surface area contributed by atoms with E-state index in [-0.39, 0.29) is 23.5 Å². The van der Waals surface area contributed by atoms with Gasteiger partial charge < -0.3 is 15.1 Å². The molecule has 0 saturated heterocycles. The van der Waals surface area contributed by atoms with Gasteiger partial charge in [-0.05, 0) is 48.5 Å². The number of rotatable bonds is 6. The highest BCUT2D eigenvalue weighted by Gasteiger charge is 2.12. The molecule has 0 bridgehead atoms. The fraction of sp³-hybridized carbons (Fsp3) is 0.0435. The van der Waals surface area contributed by atoms with E-state index < -0.39 is 0 Å². The maximum absolute atomic E-state index is 12.5. The number of carbonyl (C=O) groups excluding carboxylic acids is 3. The fourth-order valence-corrected chi connectivity index (χ4v) is 3.58. The zero-order valence-electron chi connectivity index (χ0n) is 16.9. The zero-order chi connectivity index (χ0) is 22.5. The van der Waals surface area contributed by atoms with Crippen molar-refractivity contribution in [2.75, 3.05) is 16.0 Å². The van der Waals surface area contributed by atoms with E-state index in [1.807, 2.05) is 17.5 Å². The lowest BCUT2D eigenvalue weighted by Gasteiger charge is -2.05. The zero-order valence-corrected chi connectivity index (χ0v) is 17.7. The molecule has 0 fully saturated rings. The Morgan fingerprint density at radius 1 is 0.844 bits per heavy atom. The van der Waals surface area contributed by atoms with Gasteiger partial charge in [-0.1, -0.05) is 12.1 Å². The Labute approximate surface area is 187 Å². The van der Waals surface area contributed by atoms with Gasteiger partial charge in [0.1, 0.15) is 0 Å². The first-order chi connectivity index (χ1) is 15.5. The van der Waals surface area contributed by atoms with Gasteiger partial charge in [-0.15, -0.1) is 11.3 Å². The number of anilines is 3. The molecule has 8 nitrogen and oxygen atoms in total. The van der Waals surface area contributed by atoms with Crippen molar-refractivity contribution in [3.63, 3.8) is 0 Å². The van der Waals surface area contributed by atoms with Gasteiger partial charge in [0, 0.05) is 34.8 Å². The number of hydrogen-bond donors (Lipinski definition) is 3. The number of hydrogen-bond acceptors (Lipinski definition) is 6. The van der Waals surface area contributed by atoms with Crippen LogP contribution in [0.1, 0.15) is 27.8 Å². The highest BCUT2D eigenvalue weighted by atomic mass is 32.1. The monoisotopic (exact) mass is 446 g/mol. The first-order valence-corrected chi connectivity index (χ1v) is 10.5. The summed E-state index contributed by atoms with van der Waals surface area (Å²) in [5.41, 5.74) is 3.26. The number of carbonyl (C=O) groups is 3. The molecule has 0 atom stereocenters. The van der Waals surface area contributed by atoms with E-state index in [2.05, 4.69) is 20.9 Å². The summed E-state index contributed by atoms with van der Waals surface area (Å²) in [6.45, 7) is 1.45. The normalized spacial score (nSPS) is 10.4. The van der Waals surface area contributed by atoms with E-state index in [4.69, 9.17) is 4.42 Å². The molecule has 0 spiro atoms. The van der Waals surface area contributed by atoms with Gasteiger partial charge in [0.25, 0.3) is 11.8 Å².